The van der Waals surface area contributed by atoms with Crippen LogP contribution < -0.4 is 11.1 Å². The van der Waals surface area contributed by atoms with Gasteiger partial charge in [-0.05, 0) is 12.8 Å². The van der Waals surface area contributed by atoms with Crippen LogP contribution in [0.2, 0.25) is 0 Å². The second-order valence-corrected chi connectivity index (χ2v) is 4.80. The van der Waals surface area contributed by atoms with Crippen molar-refractivity contribution in [2.45, 2.75) is 31.5 Å². The summed E-state index contributed by atoms with van der Waals surface area (Å²) >= 11 is 1.56. The van der Waals surface area contributed by atoms with Crippen molar-refractivity contribution < 1.29 is 9.53 Å². The molecular formula is C11H17N3O2S. The first-order valence-corrected chi connectivity index (χ1v) is 6.74. The Morgan fingerprint density at radius 3 is 3.18 bits per heavy atom. The normalized spacial score (nSPS) is 23.8. The van der Waals surface area contributed by atoms with Crippen molar-refractivity contribution in [1.82, 2.24) is 10.3 Å². The Kier molecular flexibility index (Phi) is 4.47. The van der Waals surface area contributed by atoms with E-state index < -0.39 is 0 Å². The van der Waals surface area contributed by atoms with E-state index >= 15 is 0 Å². The Labute approximate surface area is 104 Å². The zero-order valence-corrected chi connectivity index (χ0v) is 10.4. The zero-order valence-electron chi connectivity index (χ0n) is 9.59. The summed E-state index contributed by atoms with van der Waals surface area (Å²) in [6.45, 7) is 1.10. The second-order valence-electron chi connectivity index (χ2n) is 4.08. The van der Waals surface area contributed by atoms with E-state index in [2.05, 4.69) is 10.3 Å². The molecule has 1 aromatic rings. The molecule has 0 radical (unpaired) electrons. The number of amides is 1. The third kappa shape index (κ3) is 3.49. The van der Waals surface area contributed by atoms with Crippen LogP contribution in [0.1, 0.15) is 18.5 Å². The van der Waals surface area contributed by atoms with Gasteiger partial charge in [0.2, 0.25) is 5.91 Å². The smallest absolute Gasteiger partial charge is 0.249 e. The molecule has 0 aliphatic carbocycles. The molecule has 1 fully saturated rings. The molecule has 1 aliphatic rings. The molecule has 0 unspecified atom stereocenters. The fourth-order valence-corrected chi connectivity index (χ4v) is 2.45. The van der Waals surface area contributed by atoms with Crippen LogP contribution >= 0.6 is 11.3 Å². The Bertz CT molecular complexity index is 356. The van der Waals surface area contributed by atoms with Gasteiger partial charge in [0.25, 0.3) is 0 Å². The van der Waals surface area contributed by atoms with E-state index in [4.69, 9.17) is 10.5 Å². The molecule has 0 bridgehead atoms. The maximum absolute atomic E-state index is 11.7. The van der Waals surface area contributed by atoms with E-state index in [1.54, 1.807) is 16.8 Å². The molecule has 1 amide bonds. The Morgan fingerprint density at radius 1 is 1.65 bits per heavy atom. The minimum Gasteiger partial charge on any atom is -0.364 e. The highest BCUT2D eigenvalue weighted by Gasteiger charge is 2.29. The lowest BCUT2D eigenvalue weighted by molar-refractivity contribution is -0.131. The number of carbonyl (C=O) groups excluding carboxylic acids is 1. The van der Waals surface area contributed by atoms with Gasteiger partial charge in [-0.3, -0.25) is 4.79 Å². The molecule has 1 aliphatic heterocycles. The second kappa shape index (κ2) is 6.09. The third-order valence-corrected chi connectivity index (χ3v) is 3.46. The number of nitrogens with one attached hydrogen (secondary N) is 1. The highest BCUT2D eigenvalue weighted by atomic mass is 32.1. The number of hydrogen-bond donors (Lipinski definition) is 2. The van der Waals surface area contributed by atoms with Crippen LogP contribution in [0.5, 0.6) is 0 Å². The lowest BCUT2D eigenvalue weighted by Crippen LogP contribution is -2.36. The van der Waals surface area contributed by atoms with E-state index in [0.717, 1.165) is 25.0 Å². The van der Waals surface area contributed by atoms with Gasteiger partial charge in [-0.15, -0.1) is 11.3 Å². The van der Waals surface area contributed by atoms with E-state index in [1.165, 1.54) is 0 Å². The first kappa shape index (κ1) is 12.5. The summed E-state index contributed by atoms with van der Waals surface area (Å²) < 4.78 is 5.51. The summed E-state index contributed by atoms with van der Waals surface area (Å²) in [7, 11) is 0. The summed E-state index contributed by atoms with van der Waals surface area (Å²) in [6.07, 6.45) is 2.14. The molecule has 0 saturated carbocycles. The third-order valence-electron chi connectivity index (χ3n) is 2.83. The minimum absolute atomic E-state index is 0.0313. The van der Waals surface area contributed by atoms with Crippen molar-refractivity contribution in [3.05, 3.63) is 16.6 Å². The van der Waals surface area contributed by atoms with Crippen molar-refractivity contribution in [2.24, 2.45) is 5.73 Å². The molecule has 5 nitrogen and oxygen atoms in total. The Hall–Kier alpha value is -0.980. The summed E-state index contributed by atoms with van der Waals surface area (Å²) in [5.74, 6) is -0.0313. The molecule has 2 heterocycles. The Balaban J connectivity index is 1.67. The van der Waals surface area contributed by atoms with Gasteiger partial charge in [0.15, 0.2) is 0 Å². The molecule has 1 aromatic heterocycles. The highest BCUT2D eigenvalue weighted by molar-refractivity contribution is 7.07. The van der Waals surface area contributed by atoms with Crippen molar-refractivity contribution in [3.63, 3.8) is 0 Å². The fourth-order valence-electron chi connectivity index (χ4n) is 1.86. The van der Waals surface area contributed by atoms with Gasteiger partial charge in [0, 0.05) is 24.9 Å². The summed E-state index contributed by atoms with van der Waals surface area (Å²) in [5.41, 5.74) is 8.31. The van der Waals surface area contributed by atoms with Crippen LogP contribution in [0.4, 0.5) is 0 Å². The van der Waals surface area contributed by atoms with E-state index in [0.29, 0.717) is 13.1 Å². The lowest BCUT2D eigenvalue weighted by Gasteiger charge is -2.12. The van der Waals surface area contributed by atoms with Crippen LogP contribution in [0.3, 0.4) is 0 Å². The molecule has 6 heteroatoms. The number of nitrogens with zero attached hydrogens (tertiary/aromatic N) is 1. The number of hydrogen-bond acceptors (Lipinski definition) is 5. The van der Waals surface area contributed by atoms with Gasteiger partial charge in [0.05, 0.1) is 17.3 Å². The lowest BCUT2D eigenvalue weighted by atomic mass is 10.2. The largest absolute Gasteiger partial charge is 0.364 e. The first-order valence-electron chi connectivity index (χ1n) is 5.80. The molecule has 2 rings (SSSR count). The average Bonchev–Trinajstić information content (AvgIpc) is 2.99. The predicted molar refractivity (Wildman–Crippen MR) is 65.8 cm³/mol. The van der Waals surface area contributed by atoms with Gasteiger partial charge in [-0.2, -0.15) is 0 Å². The topological polar surface area (TPSA) is 77.2 Å². The Morgan fingerprint density at radius 2 is 2.53 bits per heavy atom. The molecule has 3 N–H and O–H groups in total. The number of ether oxygens (including phenoxy) is 1. The predicted octanol–water partition coefficient (Wildman–Crippen LogP) is 0.308. The molecule has 17 heavy (non-hydrogen) atoms. The van der Waals surface area contributed by atoms with Gasteiger partial charge in [-0.1, -0.05) is 0 Å². The monoisotopic (exact) mass is 255 g/mol. The van der Waals surface area contributed by atoms with Gasteiger partial charge < -0.3 is 15.8 Å². The van der Waals surface area contributed by atoms with Gasteiger partial charge in [0.1, 0.15) is 6.10 Å². The average molecular weight is 255 g/mol. The van der Waals surface area contributed by atoms with E-state index in [-0.39, 0.29) is 18.1 Å². The minimum atomic E-state index is -0.320. The highest BCUT2D eigenvalue weighted by Crippen LogP contribution is 2.18. The van der Waals surface area contributed by atoms with Crippen LogP contribution in [0, 0.1) is 0 Å². The summed E-state index contributed by atoms with van der Waals surface area (Å²) in [5, 5.41) is 4.86. The van der Waals surface area contributed by atoms with Crippen molar-refractivity contribution in [1.29, 1.82) is 0 Å². The van der Waals surface area contributed by atoms with E-state index in [9.17, 15) is 4.79 Å². The maximum atomic E-state index is 11.7. The number of thiazole rings is 1. The number of nitrogens with two attached hydrogens (primary N) is 1. The molecular weight excluding hydrogens is 238 g/mol. The molecule has 0 spiro atoms. The van der Waals surface area contributed by atoms with Crippen LogP contribution in [0.25, 0.3) is 0 Å². The van der Waals surface area contributed by atoms with E-state index in [1.807, 2.05) is 5.38 Å². The molecule has 1 saturated heterocycles. The van der Waals surface area contributed by atoms with Gasteiger partial charge in [-0.25, -0.2) is 4.98 Å². The number of carbonyl (C=O) groups is 1. The molecule has 0 aromatic carbocycles. The van der Waals surface area contributed by atoms with Crippen molar-refractivity contribution in [3.8, 4) is 0 Å². The fraction of sp³-hybridized carbons (Fsp3) is 0.636. The van der Waals surface area contributed by atoms with Crippen molar-refractivity contribution in [2.75, 3.05) is 13.1 Å². The number of rotatable bonds is 5. The zero-order chi connectivity index (χ0) is 12.1. The van der Waals surface area contributed by atoms with Crippen LogP contribution in [-0.2, 0) is 16.0 Å². The standard InChI is InChI=1S/C11H17N3O2S/c12-5-9-1-2-10(16-9)11(15)13-4-3-8-6-17-7-14-8/h6-7,9-10H,1-5,12H2,(H,13,15)/t9-,10+/m1/s1. The molecule has 94 valence electrons. The van der Waals surface area contributed by atoms with Crippen LogP contribution in [-0.4, -0.2) is 36.2 Å². The summed E-state index contributed by atoms with van der Waals surface area (Å²) in [6, 6.07) is 0. The quantitative estimate of drug-likeness (QED) is 0.793. The first-order chi connectivity index (χ1) is 8.29. The SMILES string of the molecule is NC[C@H]1CC[C@@H](C(=O)NCCc2cscn2)O1. The van der Waals surface area contributed by atoms with Gasteiger partial charge >= 0.3 is 0 Å². The summed E-state index contributed by atoms with van der Waals surface area (Å²) in [4.78, 5) is 15.9. The number of aromatic nitrogens is 1. The van der Waals surface area contributed by atoms with Crippen LogP contribution in [0.15, 0.2) is 10.9 Å². The maximum Gasteiger partial charge on any atom is 0.249 e. The van der Waals surface area contributed by atoms with Crippen molar-refractivity contribution >= 4 is 17.2 Å². The molecule has 2 atom stereocenters.